The van der Waals surface area contributed by atoms with E-state index in [9.17, 15) is 18.8 Å². The second-order valence-electron chi connectivity index (χ2n) is 6.89. The number of aryl methyl sites for hydroxylation is 2. The molecule has 1 spiro atoms. The minimum atomic E-state index is -1.08. The van der Waals surface area contributed by atoms with E-state index in [-0.39, 0.29) is 0 Å². The molecule has 1 aliphatic heterocycles. The molecule has 2 aromatic carbocycles. The molecule has 27 heavy (non-hydrogen) atoms. The number of rotatable bonds is 3. The number of imide groups is 1. The second-order valence-corrected chi connectivity index (χ2v) is 6.89. The van der Waals surface area contributed by atoms with E-state index in [4.69, 9.17) is 0 Å². The van der Waals surface area contributed by atoms with Crippen molar-refractivity contribution in [2.75, 3.05) is 11.9 Å². The first-order chi connectivity index (χ1) is 12.9. The lowest BCUT2D eigenvalue weighted by Crippen LogP contribution is -2.43. The molecule has 0 aromatic heterocycles. The summed E-state index contributed by atoms with van der Waals surface area (Å²) in [5.41, 5.74) is 1.73. The zero-order valence-corrected chi connectivity index (χ0v) is 14.7. The number of amides is 4. The Bertz CT molecular complexity index is 975. The van der Waals surface area contributed by atoms with Crippen LogP contribution in [0.25, 0.3) is 0 Å². The van der Waals surface area contributed by atoms with Gasteiger partial charge in [0.25, 0.3) is 5.91 Å². The number of carbonyl (C=O) groups is 3. The molecule has 2 aromatic rings. The molecule has 1 heterocycles. The van der Waals surface area contributed by atoms with Gasteiger partial charge in [0, 0.05) is 5.69 Å². The highest BCUT2D eigenvalue weighted by molar-refractivity contribution is 6.11. The number of nitrogens with zero attached hydrogens (tertiary/aromatic N) is 1. The first-order valence-corrected chi connectivity index (χ1v) is 8.69. The Morgan fingerprint density at radius 3 is 2.81 bits per heavy atom. The van der Waals surface area contributed by atoms with Crippen molar-refractivity contribution in [2.45, 2.75) is 25.3 Å². The fourth-order valence-corrected chi connectivity index (χ4v) is 3.83. The zero-order valence-electron chi connectivity index (χ0n) is 14.7. The molecule has 0 radical (unpaired) electrons. The molecule has 1 fully saturated rings. The van der Waals surface area contributed by atoms with Crippen LogP contribution >= 0.6 is 0 Å². The third-order valence-corrected chi connectivity index (χ3v) is 5.19. The summed E-state index contributed by atoms with van der Waals surface area (Å²) in [5, 5.41) is 5.41. The van der Waals surface area contributed by atoms with Gasteiger partial charge in [-0.3, -0.25) is 14.5 Å². The molecule has 1 atom stereocenters. The van der Waals surface area contributed by atoms with Crippen molar-refractivity contribution in [1.29, 1.82) is 0 Å². The van der Waals surface area contributed by atoms with Crippen LogP contribution in [0.3, 0.4) is 0 Å². The Kier molecular flexibility index (Phi) is 3.95. The number of halogens is 1. The summed E-state index contributed by atoms with van der Waals surface area (Å²) in [6, 6.07) is 10.9. The molecule has 4 amide bonds. The van der Waals surface area contributed by atoms with Crippen LogP contribution in [-0.4, -0.2) is 29.3 Å². The summed E-state index contributed by atoms with van der Waals surface area (Å²) in [5.74, 6) is -1.33. The molecule has 0 saturated carbocycles. The van der Waals surface area contributed by atoms with Crippen molar-refractivity contribution in [1.82, 2.24) is 10.2 Å². The Hall–Kier alpha value is -3.22. The molecule has 6 nitrogen and oxygen atoms in total. The van der Waals surface area contributed by atoms with E-state index in [2.05, 4.69) is 10.6 Å². The van der Waals surface area contributed by atoms with Crippen LogP contribution in [0.4, 0.5) is 14.9 Å². The maximum atomic E-state index is 13.2. The minimum Gasteiger partial charge on any atom is -0.324 e. The Labute approximate surface area is 155 Å². The molecule has 0 bridgehead atoms. The quantitative estimate of drug-likeness (QED) is 0.818. The summed E-state index contributed by atoms with van der Waals surface area (Å²) in [6.45, 7) is 1.27. The number of urea groups is 1. The lowest BCUT2D eigenvalue weighted by atomic mass is 9.92. The molecule has 4 rings (SSSR count). The van der Waals surface area contributed by atoms with E-state index in [1.54, 1.807) is 6.92 Å². The van der Waals surface area contributed by atoms with E-state index < -0.39 is 35.7 Å². The number of fused-ring (bicyclic) bond motifs is 2. The molecular formula is C20H18FN3O3. The highest BCUT2D eigenvalue weighted by Crippen LogP contribution is 2.41. The lowest BCUT2D eigenvalue weighted by molar-refractivity contribution is -0.134. The van der Waals surface area contributed by atoms with Gasteiger partial charge in [0.1, 0.15) is 17.9 Å². The predicted molar refractivity (Wildman–Crippen MR) is 96.5 cm³/mol. The van der Waals surface area contributed by atoms with Gasteiger partial charge in [-0.1, -0.05) is 24.3 Å². The van der Waals surface area contributed by atoms with Gasteiger partial charge in [-0.25, -0.2) is 9.18 Å². The van der Waals surface area contributed by atoms with Gasteiger partial charge >= 0.3 is 6.03 Å². The molecule has 7 heteroatoms. The first kappa shape index (κ1) is 17.2. The van der Waals surface area contributed by atoms with Gasteiger partial charge in [-0.05, 0) is 54.7 Å². The summed E-state index contributed by atoms with van der Waals surface area (Å²) in [7, 11) is 0. The number of hydrogen-bond donors (Lipinski definition) is 2. The van der Waals surface area contributed by atoms with Crippen LogP contribution in [-0.2, 0) is 21.5 Å². The van der Waals surface area contributed by atoms with Gasteiger partial charge in [-0.2, -0.15) is 0 Å². The number of hydrogen-bond acceptors (Lipinski definition) is 3. The Balaban J connectivity index is 1.53. The van der Waals surface area contributed by atoms with Crippen LogP contribution in [0.15, 0.2) is 42.5 Å². The number of anilines is 1. The third kappa shape index (κ3) is 2.75. The molecule has 2 N–H and O–H groups in total. The maximum Gasteiger partial charge on any atom is 0.325 e. The maximum absolute atomic E-state index is 13.2. The van der Waals surface area contributed by atoms with E-state index >= 15 is 0 Å². The van der Waals surface area contributed by atoms with Crippen molar-refractivity contribution in [3.63, 3.8) is 0 Å². The van der Waals surface area contributed by atoms with Crippen molar-refractivity contribution in [3.8, 4) is 0 Å². The van der Waals surface area contributed by atoms with Gasteiger partial charge < -0.3 is 10.6 Å². The topological polar surface area (TPSA) is 78.5 Å². The second kappa shape index (κ2) is 6.19. The van der Waals surface area contributed by atoms with Gasteiger partial charge in [0.2, 0.25) is 5.91 Å². The van der Waals surface area contributed by atoms with Crippen molar-refractivity contribution in [2.24, 2.45) is 0 Å². The van der Waals surface area contributed by atoms with Crippen molar-refractivity contribution in [3.05, 3.63) is 65.0 Å². The third-order valence-electron chi connectivity index (χ3n) is 5.19. The molecular weight excluding hydrogens is 349 g/mol. The Morgan fingerprint density at radius 1 is 1.26 bits per heavy atom. The van der Waals surface area contributed by atoms with Crippen LogP contribution in [0.2, 0.25) is 0 Å². The van der Waals surface area contributed by atoms with Crippen molar-refractivity contribution >= 4 is 23.5 Å². The fraction of sp³-hybridized carbons (Fsp3) is 0.250. The van der Waals surface area contributed by atoms with Crippen LogP contribution in [0.5, 0.6) is 0 Å². The van der Waals surface area contributed by atoms with Crippen LogP contribution in [0.1, 0.15) is 23.1 Å². The molecule has 1 aliphatic carbocycles. The molecule has 138 valence electrons. The lowest BCUT2D eigenvalue weighted by Gasteiger charge is -2.22. The van der Waals surface area contributed by atoms with Crippen molar-refractivity contribution < 1.29 is 18.8 Å². The van der Waals surface area contributed by atoms with E-state index in [1.165, 1.54) is 18.2 Å². The van der Waals surface area contributed by atoms with Gasteiger partial charge in [0.05, 0.1) is 0 Å². The summed E-state index contributed by atoms with van der Waals surface area (Å²) >= 11 is 0. The van der Waals surface area contributed by atoms with E-state index in [0.29, 0.717) is 24.1 Å². The SMILES string of the molecule is Cc1cc(F)ccc1NC(=O)CN1C(=O)N[C@@]2(CCc3ccccc32)C1=O. The predicted octanol–water partition coefficient (Wildman–Crippen LogP) is 2.47. The largest absolute Gasteiger partial charge is 0.325 e. The smallest absolute Gasteiger partial charge is 0.324 e. The summed E-state index contributed by atoms with van der Waals surface area (Å²) in [6.07, 6.45) is 1.17. The zero-order chi connectivity index (χ0) is 19.2. The highest BCUT2D eigenvalue weighted by Gasteiger charge is 2.55. The average molecular weight is 367 g/mol. The average Bonchev–Trinajstić information content (AvgIpc) is 3.11. The standard InChI is InChI=1S/C20H18FN3O3/c1-12-10-14(21)6-7-16(12)22-17(25)11-24-18(26)20(23-19(24)27)9-8-13-4-2-3-5-15(13)20/h2-7,10H,8-9,11H2,1H3,(H,22,25)(H,23,27)/t20-/m1/s1. The number of nitrogens with one attached hydrogen (secondary N) is 2. The van der Waals surface area contributed by atoms with Gasteiger partial charge in [0.15, 0.2) is 0 Å². The van der Waals surface area contributed by atoms with Gasteiger partial charge in [-0.15, -0.1) is 0 Å². The molecule has 1 saturated heterocycles. The monoisotopic (exact) mass is 367 g/mol. The minimum absolute atomic E-state index is 0.397. The van der Waals surface area contributed by atoms with Crippen LogP contribution in [0, 0.1) is 12.7 Å². The fourth-order valence-electron chi connectivity index (χ4n) is 3.83. The molecule has 2 aliphatic rings. The van der Waals surface area contributed by atoms with Crippen LogP contribution < -0.4 is 10.6 Å². The Morgan fingerprint density at radius 2 is 2.04 bits per heavy atom. The summed E-state index contributed by atoms with van der Waals surface area (Å²) in [4.78, 5) is 38.7. The molecule has 0 unspecified atom stereocenters. The summed E-state index contributed by atoms with van der Waals surface area (Å²) < 4.78 is 13.2. The normalized spacial score (nSPS) is 20.7. The number of carbonyl (C=O) groups excluding carboxylic acids is 3. The van der Waals surface area contributed by atoms with E-state index in [0.717, 1.165) is 16.0 Å². The number of benzene rings is 2. The van der Waals surface area contributed by atoms with E-state index in [1.807, 2.05) is 24.3 Å². The highest BCUT2D eigenvalue weighted by atomic mass is 19.1. The first-order valence-electron chi connectivity index (χ1n) is 8.69.